The first-order valence-corrected chi connectivity index (χ1v) is 8.23. The molecule has 124 valence electrons. The number of carbonyl (C=O) groups is 2. The number of carboxylic acid groups (broad SMARTS) is 1. The Morgan fingerprint density at radius 3 is 2.42 bits per heavy atom. The molecule has 1 amide bonds. The van der Waals surface area contributed by atoms with E-state index in [1.807, 2.05) is 29.2 Å². The van der Waals surface area contributed by atoms with Crippen LogP contribution >= 0.6 is 0 Å². The number of benzene rings is 2. The van der Waals surface area contributed by atoms with Crippen LogP contribution in [0.1, 0.15) is 40.9 Å². The number of amides is 1. The van der Waals surface area contributed by atoms with Crippen LogP contribution in [0.15, 0.2) is 54.6 Å². The summed E-state index contributed by atoms with van der Waals surface area (Å²) in [5, 5.41) is 9.23. The Bertz CT molecular complexity index is 742. The number of hydrogen-bond donors (Lipinski definition) is 1. The smallest absolute Gasteiger partial charge is 0.335 e. The minimum atomic E-state index is -0.946. The Labute approximate surface area is 141 Å². The zero-order chi connectivity index (χ0) is 17.1. The van der Waals surface area contributed by atoms with Gasteiger partial charge in [-0.3, -0.25) is 4.79 Å². The van der Waals surface area contributed by atoms with Crippen LogP contribution in [0.2, 0.25) is 0 Å². The summed E-state index contributed by atoms with van der Waals surface area (Å²) in [6, 6.07) is 17.1. The van der Waals surface area contributed by atoms with Gasteiger partial charge in [-0.25, -0.2) is 4.79 Å². The Morgan fingerprint density at radius 1 is 1.08 bits per heavy atom. The van der Waals surface area contributed by atoms with E-state index in [1.165, 1.54) is 0 Å². The zero-order valence-corrected chi connectivity index (χ0v) is 13.7. The molecule has 1 aliphatic rings. The van der Waals surface area contributed by atoms with Gasteiger partial charge in [0.05, 0.1) is 11.6 Å². The lowest BCUT2D eigenvalue weighted by molar-refractivity contribution is -0.143. The van der Waals surface area contributed by atoms with Crippen molar-refractivity contribution in [2.24, 2.45) is 5.92 Å². The predicted octanol–water partition coefficient (Wildman–Crippen LogP) is 3.54. The van der Waals surface area contributed by atoms with Crippen LogP contribution in [0.5, 0.6) is 0 Å². The average molecular weight is 323 g/mol. The largest absolute Gasteiger partial charge is 0.478 e. The lowest BCUT2D eigenvalue weighted by Crippen LogP contribution is -2.51. The van der Waals surface area contributed by atoms with E-state index >= 15 is 0 Å². The normalized spacial score (nSPS) is 19.6. The molecule has 1 fully saturated rings. The molecule has 1 saturated heterocycles. The molecule has 0 aromatic heterocycles. The summed E-state index contributed by atoms with van der Waals surface area (Å²) < 4.78 is 0. The monoisotopic (exact) mass is 323 g/mol. The van der Waals surface area contributed by atoms with Crippen LogP contribution in [0.3, 0.4) is 0 Å². The van der Waals surface area contributed by atoms with Crippen molar-refractivity contribution in [1.29, 1.82) is 0 Å². The third-order valence-electron chi connectivity index (χ3n) is 4.68. The van der Waals surface area contributed by atoms with Gasteiger partial charge >= 0.3 is 5.97 Å². The molecule has 1 N–H and O–H groups in total. The molecule has 2 aromatic carbocycles. The van der Waals surface area contributed by atoms with E-state index in [1.54, 1.807) is 18.2 Å². The van der Waals surface area contributed by atoms with Gasteiger partial charge in [0.15, 0.2) is 0 Å². The molecule has 0 spiro atoms. The van der Waals surface area contributed by atoms with Crippen LogP contribution in [0, 0.1) is 5.92 Å². The molecule has 0 saturated carbocycles. The minimum Gasteiger partial charge on any atom is -0.478 e. The van der Waals surface area contributed by atoms with Gasteiger partial charge in [0, 0.05) is 13.0 Å². The first-order chi connectivity index (χ1) is 11.6. The Morgan fingerprint density at radius 2 is 1.75 bits per heavy atom. The van der Waals surface area contributed by atoms with Crippen molar-refractivity contribution in [2.45, 2.75) is 25.8 Å². The number of hydrogen-bond acceptors (Lipinski definition) is 2. The van der Waals surface area contributed by atoms with Crippen molar-refractivity contribution in [1.82, 2.24) is 4.90 Å². The number of rotatable bonds is 5. The highest BCUT2D eigenvalue weighted by atomic mass is 16.4. The van der Waals surface area contributed by atoms with E-state index < -0.39 is 5.97 Å². The molecular weight excluding hydrogens is 302 g/mol. The van der Waals surface area contributed by atoms with Crippen LogP contribution in [-0.4, -0.2) is 28.4 Å². The molecule has 0 radical (unpaired) electrons. The van der Waals surface area contributed by atoms with Crippen LogP contribution in [-0.2, 0) is 11.2 Å². The van der Waals surface area contributed by atoms with Crippen LogP contribution in [0.25, 0.3) is 0 Å². The number of carbonyl (C=O) groups excluding carboxylic acids is 1. The summed E-state index contributed by atoms with van der Waals surface area (Å²) in [5.74, 6) is -0.414. The summed E-state index contributed by atoms with van der Waals surface area (Å²) in [5.41, 5.74) is 2.15. The second kappa shape index (κ2) is 6.87. The topological polar surface area (TPSA) is 57.6 Å². The van der Waals surface area contributed by atoms with Gasteiger partial charge in [0.1, 0.15) is 0 Å². The van der Waals surface area contributed by atoms with Gasteiger partial charge in [-0.1, -0.05) is 55.5 Å². The SMILES string of the molecule is CC1CN(C(=O)CCc2ccccc2C(=O)O)C1c1ccccc1. The van der Waals surface area contributed by atoms with E-state index in [-0.39, 0.29) is 17.5 Å². The zero-order valence-electron chi connectivity index (χ0n) is 13.7. The Kier molecular flexibility index (Phi) is 4.65. The minimum absolute atomic E-state index is 0.0853. The van der Waals surface area contributed by atoms with Crippen LogP contribution < -0.4 is 0 Å². The number of carboxylic acids is 1. The van der Waals surface area contributed by atoms with Crippen LogP contribution in [0.4, 0.5) is 0 Å². The number of aromatic carboxylic acids is 1. The Balaban J connectivity index is 1.67. The summed E-state index contributed by atoms with van der Waals surface area (Å²) in [7, 11) is 0. The highest BCUT2D eigenvalue weighted by Gasteiger charge is 2.39. The standard InChI is InChI=1S/C20H21NO3/c1-14-13-21(19(14)16-8-3-2-4-9-16)18(22)12-11-15-7-5-6-10-17(15)20(23)24/h2-10,14,19H,11-13H2,1H3,(H,23,24). The van der Waals surface area contributed by atoms with Gasteiger partial charge in [-0.15, -0.1) is 0 Å². The van der Waals surface area contributed by atoms with E-state index in [4.69, 9.17) is 0 Å². The molecule has 24 heavy (non-hydrogen) atoms. The second-order valence-electron chi connectivity index (χ2n) is 6.34. The summed E-state index contributed by atoms with van der Waals surface area (Å²) in [6.45, 7) is 2.92. The van der Waals surface area contributed by atoms with E-state index in [0.717, 1.165) is 12.1 Å². The fraction of sp³-hybridized carbons (Fsp3) is 0.300. The van der Waals surface area contributed by atoms with Crippen molar-refractivity contribution in [2.75, 3.05) is 6.54 Å². The van der Waals surface area contributed by atoms with E-state index in [2.05, 4.69) is 19.1 Å². The number of likely N-dealkylation sites (tertiary alicyclic amines) is 1. The van der Waals surface area contributed by atoms with Crippen molar-refractivity contribution in [3.8, 4) is 0 Å². The molecule has 0 aliphatic carbocycles. The van der Waals surface area contributed by atoms with Gasteiger partial charge in [-0.2, -0.15) is 0 Å². The molecule has 2 atom stereocenters. The van der Waals surface area contributed by atoms with E-state index in [9.17, 15) is 14.7 Å². The fourth-order valence-corrected chi connectivity index (χ4v) is 3.44. The maximum Gasteiger partial charge on any atom is 0.335 e. The number of aryl methyl sites for hydroxylation is 1. The van der Waals surface area contributed by atoms with E-state index in [0.29, 0.717) is 24.3 Å². The van der Waals surface area contributed by atoms with Crippen molar-refractivity contribution >= 4 is 11.9 Å². The molecule has 4 heteroatoms. The Hall–Kier alpha value is -2.62. The van der Waals surface area contributed by atoms with Crippen molar-refractivity contribution in [3.05, 3.63) is 71.3 Å². The lowest BCUT2D eigenvalue weighted by atomic mass is 9.84. The third kappa shape index (κ3) is 3.18. The van der Waals surface area contributed by atoms with Crippen molar-refractivity contribution < 1.29 is 14.7 Å². The molecular formula is C20H21NO3. The average Bonchev–Trinajstić information content (AvgIpc) is 2.58. The maximum atomic E-state index is 12.6. The fourth-order valence-electron chi connectivity index (χ4n) is 3.44. The summed E-state index contributed by atoms with van der Waals surface area (Å²) in [4.78, 5) is 25.7. The van der Waals surface area contributed by atoms with Gasteiger partial charge < -0.3 is 10.0 Å². The lowest BCUT2D eigenvalue weighted by Gasteiger charge is -2.47. The quantitative estimate of drug-likeness (QED) is 0.915. The van der Waals surface area contributed by atoms with Gasteiger partial charge in [0.2, 0.25) is 5.91 Å². The molecule has 1 aliphatic heterocycles. The molecule has 1 heterocycles. The first kappa shape index (κ1) is 16.2. The van der Waals surface area contributed by atoms with Crippen molar-refractivity contribution in [3.63, 3.8) is 0 Å². The third-order valence-corrected chi connectivity index (χ3v) is 4.68. The molecule has 2 aromatic rings. The summed E-state index contributed by atoms with van der Waals surface area (Å²) in [6.07, 6.45) is 0.786. The molecule has 2 unspecified atom stereocenters. The summed E-state index contributed by atoms with van der Waals surface area (Å²) >= 11 is 0. The maximum absolute atomic E-state index is 12.6. The number of nitrogens with zero attached hydrogens (tertiary/aromatic N) is 1. The molecule has 0 bridgehead atoms. The highest BCUT2D eigenvalue weighted by Crippen LogP contribution is 2.38. The second-order valence-corrected chi connectivity index (χ2v) is 6.34. The van der Waals surface area contributed by atoms with Gasteiger partial charge in [0.25, 0.3) is 0 Å². The highest BCUT2D eigenvalue weighted by molar-refractivity contribution is 5.89. The van der Waals surface area contributed by atoms with Gasteiger partial charge in [-0.05, 0) is 29.5 Å². The first-order valence-electron chi connectivity index (χ1n) is 8.23. The molecule has 4 nitrogen and oxygen atoms in total. The predicted molar refractivity (Wildman–Crippen MR) is 91.8 cm³/mol. The molecule has 3 rings (SSSR count).